The molecule has 0 aliphatic heterocycles. The predicted octanol–water partition coefficient (Wildman–Crippen LogP) is 1.60. The first kappa shape index (κ1) is 13.7. The average molecular weight is 237 g/mol. The van der Waals surface area contributed by atoms with Gasteiger partial charge in [-0.1, -0.05) is 18.2 Å². The minimum absolute atomic E-state index is 0.0110. The number of methoxy groups -OCH3 is 2. The van der Waals surface area contributed by atoms with Crippen LogP contribution in [0.1, 0.15) is 22.8 Å². The molecule has 1 amide bonds. The van der Waals surface area contributed by atoms with E-state index in [-0.39, 0.29) is 11.9 Å². The summed E-state index contributed by atoms with van der Waals surface area (Å²) in [6.45, 7) is 2.83. The highest BCUT2D eigenvalue weighted by molar-refractivity contribution is 5.95. The number of rotatable bonds is 6. The van der Waals surface area contributed by atoms with Crippen molar-refractivity contribution in [2.75, 3.05) is 20.8 Å². The maximum atomic E-state index is 12.0. The number of carbonyl (C=O) groups is 1. The lowest BCUT2D eigenvalue weighted by atomic mass is 10.1. The van der Waals surface area contributed by atoms with Gasteiger partial charge >= 0.3 is 0 Å². The second-order valence-corrected chi connectivity index (χ2v) is 3.92. The van der Waals surface area contributed by atoms with Crippen LogP contribution in [0.15, 0.2) is 24.3 Å². The van der Waals surface area contributed by atoms with Crippen LogP contribution in [0.3, 0.4) is 0 Å². The number of ether oxygens (including phenoxy) is 2. The number of carbonyl (C=O) groups excluding carboxylic acids is 1. The molecule has 17 heavy (non-hydrogen) atoms. The van der Waals surface area contributed by atoms with Gasteiger partial charge in [0.1, 0.15) is 0 Å². The first-order chi connectivity index (χ1) is 8.19. The van der Waals surface area contributed by atoms with Gasteiger partial charge in [0.05, 0.1) is 13.2 Å². The molecule has 1 atom stereocenters. The molecule has 4 heteroatoms. The molecule has 0 spiro atoms. The zero-order valence-electron chi connectivity index (χ0n) is 10.5. The fraction of sp³-hybridized carbons (Fsp3) is 0.462. The molecule has 0 fully saturated rings. The molecule has 1 aromatic carbocycles. The molecule has 4 nitrogen and oxygen atoms in total. The minimum Gasteiger partial charge on any atom is -0.383 e. The fourth-order valence-electron chi connectivity index (χ4n) is 1.62. The van der Waals surface area contributed by atoms with Crippen LogP contribution < -0.4 is 5.32 Å². The third kappa shape index (κ3) is 4.17. The van der Waals surface area contributed by atoms with Crippen molar-refractivity contribution in [1.82, 2.24) is 5.32 Å². The molecule has 0 saturated carbocycles. The number of hydrogen-bond donors (Lipinski definition) is 1. The zero-order chi connectivity index (χ0) is 12.7. The highest BCUT2D eigenvalue weighted by Gasteiger charge is 2.12. The smallest absolute Gasteiger partial charge is 0.251 e. The van der Waals surface area contributed by atoms with Gasteiger partial charge in [-0.05, 0) is 18.6 Å². The zero-order valence-corrected chi connectivity index (χ0v) is 10.5. The molecule has 0 radical (unpaired) electrons. The lowest BCUT2D eigenvalue weighted by Gasteiger charge is -2.14. The topological polar surface area (TPSA) is 47.6 Å². The molecular weight excluding hydrogens is 218 g/mol. The molecular formula is C13H19NO3. The maximum absolute atomic E-state index is 12.0. The summed E-state index contributed by atoms with van der Waals surface area (Å²) in [5.41, 5.74) is 1.54. The van der Waals surface area contributed by atoms with E-state index in [1.54, 1.807) is 20.3 Å². The van der Waals surface area contributed by atoms with Crippen LogP contribution in [0.4, 0.5) is 0 Å². The summed E-state index contributed by atoms with van der Waals surface area (Å²) in [5, 5.41) is 2.88. The average Bonchev–Trinajstić information content (AvgIpc) is 2.30. The monoisotopic (exact) mass is 237 g/mol. The first-order valence-corrected chi connectivity index (χ1v) is 5.55. The van der Waals surface area contributed by atoms with Gasteiger partial charge in [0.2, 0.25) is 0 Å². The first-order valence-electron chi connectivity index (χ1n) is 5.55. The molecule has 0 unspecified atom stereocenters. The standard InChI is InChI=1S/C13H19NO3/c1-10(8-16-2)14-13(15)12-7-5-4-6-11(12)9-17-3/h4-7,10H,8-9H2,1-3H3,(H,14,15)/t10-/m1/s1. The van der Waals surface area contributed by atoms with Gasteiger partial charge in [-0.2, -0.15) is 0 Å². The molecule has 0 aliphatic carbocycles. The Balaban J connectivity index is 2.74. The molecule has 0 bridgehead atoms. The molecule has 94 valence electrons. The molecule has 1 rings (SSSR count). The van der Waals surface area contributed by atoms with Gasteiger partial charge in [-0.25, -0.2) is 0 Å². The van der Waals surface area contributed by atoms with Crippen molar-refractivity contribution < 1.29 is 14.3 Å². The Hall–Kier alpha value is -1.39. The van der Waals surface area contributed by atoms with E-state index in [9.17, 15) is 4.79 Å². The van der Waals surface area contributed by atoms with E-state index >= 15 is 0 Å². The second-order valence-electron chi connectivity index (χ2n) is 3.92. The quantitative estimate of drug-likeness (QED) is 0.817. The van der Waals surface area contributed by atoms with Gasteiger partial charge in [-0.15, -0.1) is 0 Å². The van der Waals surface area contributed by atoms with E-state index < -0.39 is 0 Å². The van der Waals surface area contributed by atoms with Crippen LogP contribution in [0, 0.1) is 0 Å². The molecule has 0 saturated heterocycles. The van der Waals surface area contributed by atoms with Crippen LogP contribution in [0.5, 0.6) is 0 Å². The highest BCUT2D eigenvalue weighted by Crippen LogP contribution is 2.10. The highest BCUT2D eigenvalue weighted by atomic mass is 16.5. The Morgan fingerprint density at radius 3 is 2.65 bits per heavy atom. The summed E-state index contributed by atoms with van der Waals surface area (Å²) < 4.78 is 10.0. The summed E-state index contributed by atoms with van der Waals surface area (Å²) in [6.07, 6.45) is 0. The van der Waals surface area contributed by atoms with E-state index in [0.29, 0.717) is 18.8 Å². The van der Waals surface area contributed by atoms with Crippen molar-refractivity contribution in [2.24, 2.45) is 0 Å². The van der Waals surface area contributed by atoms with Crippen LogP contribution in [0.2, 0.25) is 0 Å². The Bertz CT molecular complexity index is 365. The molecule has 1 aromatic rings. The Labute approximate surface area is 102 Å². The van der Waals surface area contributed by atoms with E-state index in [2.05, 4.69) is 5.32 Å². The van der Waals surface area contributed by atoms with Gasteiger partial charge in [0, 0.05) is 25.8 Å². The van der Waals surface area contributed by atoms with E-state index in [0.717, 1.165) is 5.56 Å². The summed E-state index contributed by atoms with van der Waals surface area (Å²) in [4.78, 5) is 12.0. The molecule has 1 N–H and O–H groups in total. The van der Waals surface area contributed by atoms with Crippen molar-refractivity contribution in [3.63, 3.8) is 0 Å². The Kier molecular flexibility index (Phi) is 5.66. The number of benzene rings is 1. The van der Waals surface area contributed by atoms with Crippen molar-refractivity contribution in [3.8, 4) is 0 Å². The van der Waals surface area contributed by atoms with Crippen molar-refractivity contribution in [2.45, 2.75) is 19.6 Å². The largest absolute Gasteiger partial charge is 0.383 e. The third-order valence-corrected chi connectivity index (χ3v) is 2.36. The van der Waals surface area contributed by atoms with Crippen LogP contribution in [-0.2, 0) is 16.1 Å². The van der Waals surface area contributed by atoms with Crippen LogP contribution in [0.25, 0.3) is 0 Å². The lowest BCUT2D eigenvalue weighted by Crippen LogP contribution is -2.36. The van der Waals surface area contributed by atoms with Crippen LogP contribution >= 0.6 is 0 Å². The van der Waals surface area contributed by atoms with Gasteiger partial charge in [0.25, 0.3) is 5.91 Å². The number of nitrogens with one attached hydrogen (secondary N) is 1. The Morgan fingerprint density at radius 1 is 1.29 bits per heavy atom. The number of hydrogen-bond acceptors (Lipinski definition) is 3. The van der Waals surface area contributed by atoms with E-state index in [4.69, 9.17) is 9.47 Å². The van der Waals surface area contributed by atoms with Gasteiger partial charge in [0.15, 0.2) is 0 Å². The SMILES string of the molecule is COCc1ccccc1C(=O)N[C@H](C)COC. The van der Waals surface area contributed by atoms with E-state index in [1.807, 2.05) is 25.1 Å². The summed E-state index contributed by atoms with van der Waals surface area (Å²) >= 11 is 0. The Morgan fingerprint density at radius 2 is 2.00 bits per heavy atom. The third-order valence-electron chi connectivity index (χ3n) is 2.36. The van der Waals surface area contributed by atoms with Crippen LogP contribution in [-0.4, -0.2) is 32.8 Å². The van der Waals surface area contributed by atoms with E-state index in [1.165, 1.54) is 0 Å². The van der Waals surface area contributed by atoms with Crippen molar-refractivity contribution in [1.29, 1.82) is 0 Å². The number of amides is 1. The molecule has 0 aliphatic rings. The molecule has 0 aromatic heterocycles. The fourth-order valence-corrected chi connectivity index (χ4v) is 1.62. The summed E-state index contributed by atoms with van der Waals surface area (Å²) in [6, 6.07) is 7.41. The molecule has 0 heterocycles. The second kappa shape index (κ2) is 7.04. The summed E-state index contributed by atoms with van der Waals surface area (Å²) in [5.74, 6) is -0.0952. The lowest BCUT2D eigenvalue weighted by molar-refractivity contribution is 0.0901. The summed E-state index contributed by atoms with van der Waals surface area (Å²) in [7, 11) is 3.23. The van der Waals surface area contributed by atoms with Crippen molar-refractivity contribution in [3.05, 3.63) is 35.4 Å². The normalized spacial score (nSPS) is 12.2. The predicted molar refractivity (Wildman–Crippen MR) is 66.0 cm³/mol. The maximum Gasteiger partial charge on any atom is 0.251 e. The minimum atomic E-state index is -0.0952. The van der Waals surface area contributed by atoms with Crippen molar-refractivity contribution >= 4 is 5.91 Å². The van der Waals surface area contributed by atoms with Gasteiger partial charge < -0.3 is 14.8 Å². The van der Waals surface area contributed by atoms with Gasteiger partial charge in [-0.3, -0.25) is 4.79 Å².